The average molecular weight is 458 g/mol. The van der Waals surface area contributed by atoms with Crippen LogP contribution in [0.5, 0.6) is 0 Å². The van der Waals surface area contributed by atoms with Crippen molar-refractivity contribution in [3.63, 3.8) is 0 Å². The lowest BCUT2D eigenvalue weighted by Crippen LogP contribution is -2.51. The fraction of sp³-hybridized carbons (Fsp3) is 0.680. The van der Waals surface area contributed by atoms with Gasteiger partial charge in [-0.15, -0.1) is 0 Å². The first-order valence-corrected chi connectivity index (χ1v) is 12.7. The standard InChI is InChI=1S/C25H39N5OS/c1-25(2,3)26-23(32)28-18-12-20(13-19-28)30-22-11-6-5-10-21(22)29(24(30)31)17-9-16-27-14-7-4-8-15-27/h5-6,10-11,20H,4,7-9,12-19H2,1-3H3,(H,26,32). The Bertz CT molecular complexity index is 974. The van der Waals surface area contributed by atoms with E-state index in [1.807, 2.05) is 16.7 Å². The van der Waals surface area contributed by atoms with Gasteiger partial charge >= 0.3 is 5.69 Å². The van der Waals surface area contributed by atoms with Gasteiger partial charge in [0.2, 0.25) is 0 Å². The summed E-state index contributed by atoms with van der Waals surface area (Å²) in [7, 11) is 0. The normalized spacial score (nSPS) is 18.9. The van der Waals surface area contributed by atoms with Gasteiger partial charge in [-0.2, -0.15) is 0 Å². The van der Waals surface area contributed by atoms with Gasteiger partial charge in [-0.05, 0) is 96.9 Å². The predicted octanol–water partition coefficient (Wildman–Crippen LogP) is 3.99. The minimum Gasteiger partial charge on any atom is -0.358 e. The van der Waals surface area contributed by atoms with E-state index < -0.39 is 0 Å². The van der Waals surface area contributed by atoms with Gasteiger partial charge in [0.1, 0.15) is 0 Å². The molecule has 1 aromatic heterocycles. The molecule has 0 spiro atoms. The summed E-state index contributed by atoms with van der Waals surface area (Å²) in [5, 5.41) is 4.24. The van der Waals surface area contributed by atoms with Crippen molar-refractivity contribution in [1.82, 2.24) is 24.3 Å². The second-order valence-electron chi connectivity index (χ2n) is 10.4. The number of nitrogens with one attached hydrogen (secondary N) is 1. The molecule has 2 aliphatic heterocycles. The van der Waals surface area contributed by atoms with E-state index in [0.717, 1.165) is 61.6 Å². The zero-order chi connectivity index (χ0) is 22.7. The molecule has 0 bridgehead atoms. The van der Waals surface area contributed by atoms with E-state index in [9.17, 15) is 4.79 Å². The third-order valence-corrected chi connectivity index (χ3v) is 7.13. The number of aryl methyl sites for hydroxylation is 1. The van der Waals surface area contributed by atoms with Crippen molar-refractivity contribution in [1.29, 1.82) is 0 Å². The van der Waals surface area contributed by atoms with E-state index in [1.54, 1.807) is 0 Å². The first-order chi connectivity index (χ1) is 15.3. The van der Waals surface area contributed by atoms with Crippen LogP contribution in [0.15, 0.2) is 29.1 Å². The largest absolute Gasteiger partial charge is 0.358 e. The minimum atomic E-state index is -0.0352. The van der Waals surface area contributed by atoms with Crippen molar-refractivity contribution in [2.24, 2.45) is 0 Å². The molecule has 1 N–H and O–H groups in total. The molecule has 32 heavy (non-hydrogen) atoms. The number of piperidine rings is 2. The molecule has 2 fully saturated rings. The Morgan fingerprint density at radius 3 is 2.31 bits per heavy atom. The molecule has 0 atom stereocenters. The fourth-order valence-corrected chi connectivity index (χ4v) is 5.65. The topological polar surface area (TPSA) is 45.4 Å². The molecule has 0 unspecified atom stereocenters. The van der Waals surface area contributed by atoms with Crippen LogP contribution in [0.2, 0.25) is 0 Å². The molecule has 4 rings (SSSR count). The monoisotopic (exact) mass is 457 g/mol. The fourth-order valence-electron chi connectivity index (χ4n) is 5.16. The van der Waals surface area contributed by atoms with Gasteiger partial charge in [-0.1, -0.05) is 18.6 Å². The summed E-state index contributed by atoms with van der Waals surface area (Å²) in [5.74, 6) is 0. The second kappa shape index (κ2) is 9.96. The van der Waals surface area contributed by atoms with Crippen LogP contribution in [0, 0.1) is 0 Å². The van der Waals surface area contributed by atoms with E-state index >= 15 is 0 Å². The Morgan fingerprint density at radius 1 is 1.00 bits per heavy atom. The number of thiocarbonyl (C=S) groups is 1. The zero-order valence-corrected chi connectivity index (χ0v) is 20.8. The minimum absolute atomic E-state index is 0.0352. The maximum atomic E-state index is 13.5. The van der Waals surface area contributed by atoms with Crippen molar-refractivity contribution in [3.8, 4) is 0 Å². The van der Waals surface area contributed by atoms with Gasteiger partial charge in [-0.25, -0.2) is 4.79 Å². The lowest BCUT2D eigenvalue weighted by Gasteiger charge is -2.36. The number of hydrogen-bond acceptors (Lipinski definition) is 3. The molecule has 2 aromatic rings. The molecular formula is C25H39N5OS. The summed E-state index contributed by atoms with van der Waals surface area (Å²) in [6, 6.07) is 8.53. The van der Waals surface area contributed by atoms with E-state index in [-0.39, 0.29) is 17.3 Å². The van der Waals surface area contributed by atoms with E-state index in [1.165, 1.54) is 32.4 Å². The quantitative estimate of drug-likeness (QED) is 0.688. The van der Waals surface area contributed by atoms with Gasteiger partial charge in [0, 0.05) is 31.2 Å². The summed E-state index contributed by atoms with van der Waals surface area (Å²) >= 11 is 5.62. The lowest BCUT2D eigenvalue weighted by molar-refractivity contribution is 0.222. The maximum absolute atomic E-state index is 13.5. The van der Waals surface area contributed by atoms with Gasteiger partial charge in [0.25, 0.3) is 0 Å². The summed E-state index contributed by atoms with van der Waals surface area (Å²) in [6.07, 6.45) is 6.89. The highest BCUT2D eigenvalue weighted by Gasteiger charge is 2.27. The molecular weight excluding hydrogens is 418 g/mol. The van der Waals surface area contributed by atoms with Crippen molar-refractivity contribution in [2.75, 3.05) is 32.7 Å². The van der Waals surface area contributed by atoms with Crippen LogP contribution in [-0.2, 0) is 6.54 Å². The van der Waals surface area contributed by atoms with Gasteiger partial charge < -0.3 is 15.1 Å². The Labute approximate surface area is 197 Å². The maximum Gasteiger partial charge on any atom is 0.329 e. The van der Waals surface area contributed by atoms with Crippen LogP contribution in [0.1, 0.15) is 65.3 Å². The number of rotatable bonds is 5. The van der Waals surface area contributed by atoms with Gasteiger partial charge in [-0.3, -0.25) is 9.13 Å². The molecule has 0 aliphatic carbocycles. The van der Waals surface area contributed by atoms with Crippen molar-refractivity contribution < 1.29 is 0 Å². The Morgan fingerprint density at radius 2 is 1.66 bits per heavy atom. The number of imidazole rings is 1. The molecule has 176 valence electrons. The van der Waals surface area contributed by atoms with Crippen LogP contribution < -0.4 is 11.0 Å². The molecule has 2 aliphatic rings. The highest BCUT2D eigenvalue weighted by Crippen LogP contribution is 2.26. The van der Waals surface area contributed by atoms with Crippen LogP contribution in [-0.4, -0.2) is 62.3 Å². The molecule has 6 nitrogen and oxygen atoms in total. The number of aromatic nitrogens is 2. The number of para-hydroxylation sites is 2. The van der Waals surface area contributed by atoms with Gasteiger partial charge in [0.05, 0.1) is 11.0 Å². The average Bonchev–Trinajstić information content (AvgIpc) is 3.05. The van der Waals surface area contributed by atoms with Crippen LogP contribution in [0.3, 0.4) is 0 Å². The Kier molecular flexibility index (Phi) is 7.25. The van der Waals surface area contributed by atoms with Crippen molar-refractivity contribution in [2.45, 2.75) is 77.4 Å². The van der Waals surface area contributed by atoms with Crippen LogP contribution in [0.4, 0.5) is 0 Å². The summed E-state index contributed by atoms with van der Waals surface area (Å²) in [5.41, 5.74) is 2.26. The van der Waals surface area contributed by atoms with Crippen LogP contribution in [0.25, 0.3) is 11.0 Å². The molecule has 3 heterocycles. The van der Waals surface area contributed by atoms with E-state index in [0.29, 0.717) is 0 Å². The van der Waals surface area contributed by atoms with E-state index in [4.69, 9.17) is 12.2 Å². The molecule has 0 radical (unpaired) electrons. The molecule has 1 aromatic carbocycles. The zero-order valence-electron chi connectivity index (χ0n) is 20.0. The molecule has 2 saturated heterocycles. The van der Waals surface area contributed by atoms with Crippen LogP contribution >= 0.6 is 12.2 Å². The van der Waals surface area contributed by atoms with Crippen molar-refractivity contribution in [3.05, 3.63) is 34.7 Å². The number of fused-ring (bicyclic) bond motifs is 1. The Hall–Kier alpha value is -1.86. The highest BCUT2D eigenvalue weighted by atomic mass is 32.1. The smallest absolute Gasteiger partial charge is 0.329 e. The second-order valence-corrected chi connectivity index (χ2v) is 10.8. The molecule has 0 amide bonds. The number of likely N-dealkylation sites (tertiary alicyclic amines) is 2. The molecule has 7 heteroatoms. The third kappa shape index (κ3) is 5.37. The van der Waals surface area contributed by atoms with E-state index in [2.05, 4.69) is 52.6 Å². The van der Waals surface area contributed by atoms with Gasteiger partial charge in [0.15, 0.2) is 5.11 Å². The first-order valence-electron chi connectivity index (χ1n) is 12.3. The summed E-state index contributed by atoms with van der Waals surface area (Å²) in [4.78, 5) is 18.3. The number of benzene rings is 1. The lowest BCUT2D eigenvalue weighted by atomic mass is 10.0. The predicted molar refractivity (Wildman–Crippen MR) is 136 cm³/mol. The molecule has 0 saturated carbocycles. The first kappa shape index (κ1) is 23.3. The third-order valence-electron chi connectivity index (χ3n) is 6.77. The summed E-state index contributed by atoms with van der Waals surface area (Å²) in [6.45, 7) is 12.5. The number of nitrogens with zero attached hydrogens (tertiary/aromatic N) is 4. The summed E-state index contributed by atoms with van der Waals surface area (Å²) < 4.78 is 4.07. The SMILES string of the molecule is CC(C)(C)NC(=S)N1CCC(n2c(=O)n(CCCN3CCCCC3)c3ccccc32)CC1. The highest BCUT2D eigenvalue weighted by molar-refractivity contribution is 7.80. The Balaban J connectivity index is 1.46. The van der Waals surface area contributed by atoms with Crippen molar-refractivity contribution >= 4 is 28.4 Å². The number of hydrogen-bond donors (Lipinski definition) is 1.